The normalized spacial score (nSPS) is 11.0. The van der Waals surface area contributed by atoms with Gasteiger partial charge in [-0.2, -0.15) is 21.3 Å². The summed E-state index contributed by atoms with van der Waals surface area (Å²) in [5.41, 5.74) is 2.88. The number of nitrogens with one attached hydrogen (secondary N) is 2. The molecule has 0 saturated carbocycles. The molecule has 10 nitrogen and oxygen atoms in total. The van der Waals surface area contributed by atoms with Crippen LogP contribution in [-0.4, -0.2) is 45.8 Å². The van der Waals surface area contributed by atoms with Crippen molar-refractivity contribution in [2.24, 2.45) is 0 Å². The summed E-state index contributed by atoms with van der Waals surface area (Å²) < 4.78 is 18.4. The van der Waals surface area contributed by atoms with Crippen LogP contribution in [0.2, 0.25) is 0 Å². The standard InChI is InChI=1S/C27H23N7O3S/c1-35-20-12-17(13-21(36-2)23(20)37-3)30-25-22-26(34(15-29-22)18-9-11-38-14-18)33-27(32-25)31-24-19-7-5-4-6-16(19)8-10-28-24/h4-15H,1-3H3,(H2,28,30,31,32,33). The predicted octanol–water partition coefficient (Wildman–Crippen LogP) is 5.94. The lowest BCUT2D eigenvalue weighted by molar-refractivity contribution is 0.324. The number of ether oxygens (including phenoxy) is 3. The number of hydrogen-bond donors (Lipinski definition) is 2. The minimum absolute atomic E-state index is 0.369. The van der Waals surface area contributed by atoms with Crippen LogP contribution < -0.4 is 24.8 Å². The van der Waals surface area contributed by atoms with Crippen molar-refractivity contribution in [3.05, 3.63) is 71.8 Å². The minimum atomic E-state index is 0.369. The Kier molecular flexibility index (Phi) is 6.10. The Morgan fingerprint density at radius 2 is 1.66 bits per heavy atom. The monoisotopic (exact) mass is 525 g/mol. The fraction of sp³-hybridized carbons (Fsp3) is 0.111. The molecule has 0 atom stereocenters. The number of benzene rings is 2. The largest absolute Gasteiger partial charge is 0.493 e. The van der Waals surface area contributed by atoms with Gasteiger partial charge in [0.2, 0.25) is 11.7 Å². The summed E-state index contributed by atoms with van der Waals surface area (Å²) in [5.74, 6) is 3.06. The number of methoxy groups -OCH3 is 3. The highest BCUT2D eigenvalue weighted by Crippen LogP contribution is 2.41. The summed E-state index contributed by atoms with van der Waals surface area (Å²) in [4.78, 5) is 18.8. The topological polar surface area (TPSA) is 108 Å². The SMILES string of the molecule is COc1cc(Nc2nc(Nc3nccc4ccccc34)nc3c2ncn3-c2ccsc2)cc(OC)c1OC. The first-order chi connectivity index (χ1) is 18.7. The minimum Gasteiger partial charge on any atom is -0.493 e. The van der Waals surface area contributed by atoms with E-state index in [1.165, 1.54) is 0 Å². The Labute approximate surface area is 221 Å². The molecule has 0 saturated heterocycles. The summed E-state index contributed by atoms with van der Waals surface area (Å²) in [6.07, 6.45) is 3.50. The number of imidazole rings is 1. The first-order valence-corrected chi connectivity index (χ1v) is 12.6. The fourth-order valence-electron chi connectivity index (χ4n) is 4.24. The molecule has 0 amide bonds. The van der Waals surface area contributed by atoms with Crippen molar-refractivity contribution in [2.75, 3.05) is 32.0 Å². The average Bonchev–Trinajstić information content (AvgIpc) is 3.63. The van der Waals surface area contributed by atoms with E-state index in [0.717, 1.165) is 16.5 Å². The third-order valence-corrected chi connectivity index (χ3v) is 6.68. The van der Waals surface area contributed by atoms with Crippen LogP contribution in [0, 0.1) is 0 Å². The highest BCUT2D eigenvalue weighted by atomic mass is 32.1. The van der Waals surface area contributed by atoms with E-state index in [9.17, 15) is 0 Å². The fourth-order valence-corrected chi connectivity index (χ4v) is 4.87. The van der Waals surface area contributed by atoms with Gasteiger partial charge in [0.15, 0.2) is 28.5 Å². The van der Waals surface area contributed by atoms with Crippen LogP contribution in [0.4, 0.5) is 23.3 Å². The summed E-state index contributed by atoms with van der Waals surface area (Å²) in [5, 5.41) is 12.7. The van der Waals surface area contributed by atoms with Crippen LogP contribution in [0.3, 0.4) is 0 Å². The van der Waals surface area contributed by atoms with Gasteiger partial charge in [0.1, 0.15) is 12.1 Å². The van der Waals surface area contributed by atoms with E-state index >= 15 is 0 Å². The predicted molar refractivity (Wildman–Crippen MR) is 149 cm³/mol. The smallest absolute Gasteiger partial charge is 0.232 e. The molecule has 0 fully saturated rings. The maximum absolute atomic E-state index is 5.52. The quantitative estimate of drug-likeness (QED) is 0.250. The third kappa shape index (κ3) is 4.18. The van der Waals surface area contributed by atoms with Gasteiger partial charge in [-0.1, -0.05) is 24.3 Å². The second kappa shape index (κ2) is 9.87. The van der Waals surface area contributed by atoms with Crippen LogP contribution in [-0.2, 0) is 0 Å². The first-order valence-electron chi connectivity index (χ1n) is 11.6. The van der Waals surface area contributed by atoms with Gasteiger partial charge in [0, 0.05) is 34.8 Å². The zero-order chi connectivity index (χ0) is 26.1. The summed E-state index contributed by atoms with van der Waals surface area (Å²) in [6.45, 7) is 0. The summed E-state index contributed by atoms with van der Waals surface area (Å²) in [6, 6.07) is 15.6. The molecule has 6 rings (SSSR count). The van der Waals surface area contributed by atoms with E-state index in [2.05, 4.69) is 20.6 Å². The average molecular weight is 526 g/mol. The lowest BCUT2D eigenvalue weighted by Gasteiger charge is -2.15. The Morgan fingerprint density at radius 1 is 0.842 bits per heavy atom. The molecule has 0 unspecified atom stereocenters. The molecule has 38 heavy (non-hydrogen) atoms. The summed E-state index contributed by atoms with van der Waals surface area (Å²) >= 11 is 1.60. The lowest BCUT2D eigenvalue weighted by atomic mass is 10.1. The molecule has 0 aliphatic carbocycles. The Balaban J connectivity index is 1.49. The van der Waals surface area contributed by atoms with Crippen molar-refractivity contribution in [1.29, 1.82) is 0 Å². The van der Waals surface area contributed by atoms with Gasteiger partial charge in [0.05, 0.1) is 27.0 Å². The van der Waals surface area contributed by atoms with Crippen LogP contribution in [0.5, 0.6) is 17.2 Å². The van der Waals surface area contributed by atoms with Crippen molar-refractivity contribution in [3.8, 4) is 22.9 Å². The maximum Gasteiger partial charge on any atom is 0.232 e. The number of hydrogen-bond acceptors (Lipinski definition) is 10. The second-order valence-corrected chi connectivity index (χ2v) is 8.99. The van der Waals surface area contributed by atoms with Crippen LogP contribution in [0.15, 0.2) is 71.8 Å². The Hall–Kier alpha value is -4.90. The maximum atomic E-state index is 5.52. The van der Waals surface area contributed by atoms with E-state index in [1.54, 1.807) is 45.2 Å². The lowest BCUT2D eigenvalue weighted by Crippen LogP contribution is -2.05. The van der Waals surface area contributed by atoms with Gasteiger partial charge < -0.3 is 24.8 Å². The van der Waals surface area contributed by atoms with Gasteiger partial charge in [-0.05, 0) is 22.9 Å². The van der Waals surface area contributed by atoms with Gasteiger partial charge in [-0.15, -0.1) is 0 Å². The highest BCUT2D eigenvalue weighted by molar-refractivity contribution is 7.08. The molecule has 11 heteroatoms. The molecule has 0 spiro atoms. The van der Waals surface area contributed by atoms with Crippen LogP contribution >= 0.6 is 11.3 Å². The number of fused-ring (bicyclic) bond motifs is 2. The number of aromatic nitrogens is 5. The molecule has 0 bridgehead atoms. The molecule has 4 aromatic heterocycles. The van der Waals surface area contributed by atoms with Gasteiger partial charge in [-0.25, -0.2) is 9.97 Å². The van der Waals surface area contributed by atoms with Crippen molar-refractivity contribution >= 4 is 56.5 Å². The Morgan fingerprint density at radius 3 is 2.39 bits per heavy atom. The van der Waals surface area contributed by atoms with Crippen molar-refractivity contribution in [2.45, 2.75) is 0 Å². The number of pyridine rings is 1. The van der Waals surface area contributed by atoms with E-state index in [4.69, 9.17) is 24.2 Å². The van der Waals surface area contributed by atoms with Crippen LogP contribution in [0.25, 0.3) is 27.6 Å². The van der Waals surface area contributed by atoms with Crippen molar-refractivity contribution < 1.29 is 14.2 Å². The molecule has 0 aliphatic heterocycles. The van der Waals surface area contributed by atoms with E-state index in [0.29, 0.717) is 51.7 Å². The van der Waals surface area contributed by atoms with Gasteiger partial charge in [-0.3, -0.25) is 4.57 Å². The third-order valence-electron chi connectivity index (χ3n) is 6.01. The zero-order valence-electron chi connectivity index (χ0n) is 20.8. The van der Waals surface area contributed by atoms with E-state index in [1.807, 2.05) is 63.9 Å². The number of anilines is 4. The number of thiophene rings is 1. The zero-order valence-corrected chi connectivity index (χ0v) is 21.6. The molecule has 4 heterocycles. The summed E-state index contributed by atoms with van der Waals surface area (Å²) in [7, 11) is 4.72. The van der Waals surface area contributed by atoms with Gasteiger partial charge >= 0.3 is 0 Å². The molecule has 6 aromatic rings. The molecule has 190 valence electrons. The van der Waals surface area contributed by atoms with E-state index in [-0.39, 0.29) is 0 Å². The number of nitrogens with zero attached hydrogens (tertiary/aromatic N) is 5. The first kappa shape index (κ1) is 23.5. The van der Waals surface area contributed by atoms with Gasteiger partial charge in [0.25, 0.3) is 0 Å². The van der Waals surface area contributed by atoms with E-state index < -0.39 is 0 Å². The molecular weight excluding hydrogens is 502 g/mol. The van der Waals surface area contributed by atoms with Crippen LogP contribution in [0.1, 0.15) is 0 Å². The van der Waals surface area contributed by atoms with Crippen molar-refractivity contribution in [3.63, 3.8) is 0 Å². The Bertz CT molecular complexity index is 1720. The van der Waals surface area contributed by atoms with Crippen molar-refractivity contribution in [1.82, 2.24) is 24.5 Å². The molecule has 0 radical (unpaired) electrons. The second-order valence-electron chi connectivity index (χ2n) is 8.21. The molecule has 0 aliphatic rings. The number of rotatable bonds is 8. The highest BCUT2D eigenvalue weighted by Gasteiger charge is 2.18. The molecule has 2 aromatic carbocycles. The molecular formula is C27H23N7O3S. The molecule has 2 N–H and O–H groups in total.